The molecule has 172 valence electrons. The second-order valence-electron chi connectivity index (χ2n) is 6.87. The molecule has 11 heteroatoms. The van der Waals surface area contributed by atoms with Gasteiger partial charge in [-0.25, -0.2) is 13.1 Å². The molecule has 3 rings (SSSR count). The number of carbonyl (C=O) groups excluding carboxylic acids is 2. The van der Waals surface area contributed by atoms with Crippen LogP contribution in [0.5, 0.6) is 11.5 Å². The van der Waals surface area contributed by atoms with Gasteiger partial charge in [-0.3, -0.25) is 9.59 Å². The van der Waals surface area contributed by atoms with Gasteiger partial charge in [0.2, 0.25) is 10.0 Å². The van der Waals surface area contributed by atoms with E-state index in [1.54, 1.807) is 30.3 Å². The van der Waals surface area contributed by atoms with E-state index in [2.05, 4.69) is 10.0 Å². The van der Waals surface area contributed by atoms with Gasteiger partial charge in [-0.15, -0.1) is 0 Å². The Morgan fingerprint density at radius 1 is 1.03 bits per heavy atom. The Labute approximate surface area is 191 Å². The van der Waals surface area contributed by atoms with Gasteiger partial charge < -0.3 is 19.5 Å². The molecule has 0 radical (unpaired) electrons. The van der Waals surface area contributed by atoms with Crippen molar-refractivity contribution in [2.24, 2.45) is 0 Å². The molecule has 2 N–H and O–H groups in total. The number of sulfonamides is 1. The Morgan fingerprint density at radius 2 is 1.75 bits per heavy atom. The lowest BCUT2D eigenvalue weighted by Crippen LogP contribution is -2.29. The molecule has 32 heavy (non-hydrogen) atoms. The van der Waals surface area contributed by atoms with Crippen molar-refractivity contribution >= 4 is 33.5 Å². The molecule has 0 aromatic heterocycles. The predicted octanol–water partition coefficient (Wildman–Crippen LogP) is 2.03. The fraction of sp³-hybridized carbons (Fsp3) is 0.333. The third-order valence-corrected chi connectivity index (χ3v) is 6.15. The van der Waals surface area contributed by atoms with Crippen molar-refractivity contribution in [1.82, 2.24) is 10.0 Å². The highest BCUT2D eigenvalue weighted by Gasteiger charge is 2.19. The van der Waals surface area contributed by atoms with Crippen LogP contribution in [-0.4, -0.2) is 46.7 Å². The maximum Gasteiger partial charge on any atom is 0.306 e. The van der Waals surface area contributed by atoms with E-state index >= 15 is 0 Å². The molecule has 1 aliphatic heterocycles. The van der Waals surface area contributed by atoms with Gasteiger partial charge in [0.25, 0.3) is 5.91 Å². The van der Waals surface area contributed by atoms with Crippen molar-refractivity contribution in [3.05, 3.63) is 53.1 Å². The van der Waals surface area contributed by atoms with Crippen LogP contribution in [0, 0.1) is 0 Å². The van der Waals surface area contributed by atoms with Crippen LogP contribution in [0.4, 0.5) is 0 Å². The highest BCUT2D eigenvalue weighted by molar-refractivity contribution is 7.89. The van der Waals surface area contributed by atoms with E-state index in [1.807, 2.05) is 0 Å². The molecule has 0 fully saturated rings. The SMILES string of the molecule is O=C(COC(=O)CCCNS(=O)(=O)c1ccc2c(c1)OCCO2)NCc1ccc(Cl)cc1. The van der Waals surface area contributed by atoms with Crippen molar-refractivity contribution < 1.29 is 32.2 Å². The number of hydrogen-bond acceptors (Lipinski definition) is 7. The van der Waals surface area contributed by atoms with E-state index in [-0.39, 0.29) is 30.8 Å². The van der Waals surface area contributed by atoms with Crippen molar-refractivity contribution in [2.75, 3.05) is 26.4 Å². The van der Waals surface area contributed by atoms with Crippen LogP contribution in [0.25, 0.3) is 0 Å². The summed E-state index contributed by atoms with van der Waals surface area (Å²) in [5, 5.41) is 3.23. The van der Waals surface area contributed by atoms with Crippen LogP contribution in [0.2, 0.25) is 5.02 Å². The molecule has 0 saturated carbocycles. The van der Waals surface area contributed by atoms with Crippen LogP contribution in [0.1, 0.15) is 18.4 Å². The zero-order valence-corrected chi connectivity index (χ0v) is 18.7. The molecule has 0 aliphatic carbocycles. The minimum Gasteiger partial charge on any atom is -0.486 e. The average molecular weight is 483 g/mol. The average Bonchev–Trinajstić information content (AvgIpc) is 2.80. The summed E-state index contributed by atoms with van der Waals surface area (Å²) in [6, 6.07) is 11.3. The predicted molar refractivity (Wildman–Crippen MR) is 116 cm³/mol. The second kappa shape index (κ2) is 11.2. The van der Waals surface area contributed by atoms with Gasteiger partial charge in [0.1, 0.15) is 13.2 Å². The number of halogens is 1. The number of hydrogen-bond donors (Lipinski definition) is 2. The zero-order chi connectivity index (χ0) is 23.0. The van der Waals surface area contributed by atoms with Crippen molar-refractivity contribution in [1.29, 1.82) is 0 Å². The summed E-state index contributed by atoms with van der Waals surface area (Å²) in [7, 11) is -3.76. The summed E-state index contributed by atoms with van der Waals surface area (Å²) in [6.07, 6.45) is 0.184. The summed E-state index contributed by atoms with van der Waals surface area (Å²) >= 11 is 5.80. The summed E-state index contributed by atoms with van der Waals surface area (Å²) in [4.78, 5) is 23.6. The third-order valence-electron chi connectivity index (χ3n) is 4.44. The Bertz CT molecular complexity index is 1060. The molecular weight excluding hydrogens is 460 g/mol. The number of fused-ring (bicyclic) bond motifs is 1. The maximum absolute atomic E-state index is 12.4. The van der Waals surface area contributed by atoms with Crippen molar-refractivity contribution in [2.45, 2.75) is 24.3 Å². The summed E-state index contributed by atoms with van der Waals surface area (Å²) in [5.74, 6) is -0.162. The Hall–Kier alpha value is -2.82. The lowest BCUT2D eigenvalue weighted by Gasteiger charge is -2.18. The zero-order valence-electron chi connectivity index (χ0n) is 17.1. The number of esters is 1. The molecule has 0 saturated heterocycles. The first-order chi connectivity index (χ1) is 15.3. The van der Waals surface area contributed by atoms with Gasteiger partial charge in [-0.2, -0.15) is 0 Å². The molecule has 2 aromatic carbocycles. The topological polar surface area (TPSA) is 120 Å². The molecule has 1 heterocycles. The normalized spacial score (nSPS) is 12.8. The Balaban J connectivity index is 1.33. The first-order valence-corrected chi connectivity index (χ1v) is 11.8. The third kappa shape index (κ3) is 7.11. The fourth-order valence-electron chi connectivity index (χ4n) is 2.79. The van der Waals surface area contributed by atoms with E-state index in [0.717, 1.165) is 5.56 Å². The van der Waals surface area contributed by atoms with E-state index in [9.17, 15) is 18.0 Å². The molecule has 0 atom stereocenters. The second-order valence-corrected chi connectivity index (χ2v) is 9.07. The van der Waals surface area contributed by atoms with Gasteiger partial charge in [0.05, 0.1) is 4.90 Å². The van der Waals surface area contributed by atoms with E-state index in [1.165, 1.54) is 12.1 Å². The first-order valence-electron chi connectivity index (χ1n) is 9.89. The summed E-state index contributed by atoms with van der Waals surface area (Å²) in [6.45, 7) is 0.682. The van der Waals surface area contributed by atoms with Gasteiger partial charge in [-0.05, 0) is 36.2 Å². The minimum atomic E-state index is -3.76. The van der Waals surface area contributed by atoms with Gasteiger partial charge in [0, 0.05) is 30.6 Å². The largest absolute Gasteiger partial charge is 0.486 e. The van der Waals surface area contributed by atoms with E-state index in [0.29, 0.717) is 29.7 Å². The van der Waals surface area contributed by atoms with Crippen LogP contribution in [0.15, 0.2) is 47.4 Å². The van der Waals surface area contributed by atoms with Gasteiger partial charge in [0.15, 0.2) is 18.1 Å². The number of benzene rings is 2. The fourth-order valence-corrected chi connectivity index (χ4v) is 4.00. The molecule has 0 spiro atoms. The smallest absolute Gasteiger partial charge is 0.306 e. The Kier molecular flexibility index (Phi) is 8.32. The van der Waals surface area contributed by atoms with E-state index in [4.69, 9.17) is 25.8 Å². The minimum absolute atomic E-state index is 0.0336. The number of ether oxygens (including phenoxy) is 3. The lowest BCUT2D eigenvalue weighted by molar-refractivity contribution is -0.148. The lowest BCUT2D eigenvalue weighted by atomic mass is 10.2. The summed E-state index contributed by atoms with van der Waals surface area (Å²) < 4.78 is 42.9. The van der Waals surface area contributed by atoms with Gasteiger partial charge >= 0.3 is 5.97 Å². The quantitative estimate of drug-likeness (QED) is 0.392. The monoisotopic (exact) mass is 482 g/mol. The van der Waals surface area contributed by atoms with Crippen molar-refractivity contribution in [3.63, 3.8) is 0 Å². The molecular formula is C21H23ClN2O7S. The van der Waals surface area contributed by atoms with Crippen LogP contribution >= 0.6 is 11.6 Å². The summed E-state index contributed by atoms with van der Waals surface area (Å²) in [5.41, 5.74) is 0.861. The molecule has 0 unspecified atom stereocenters. The highest BCUT2D eigenvalue weighted by atomic mass is 35.5. The standard InChI is InChI=1S/C21H23ClN2O7S/c22-16-5-3-15(4-6-16)13-23-20(25)14-31-21(26)2-1-9-24-32(27,28)17-7-8-18-19(12-17)30-11-10-29-18/h3-8,12,24H,1-2,9-11,13-14H2,(H,23,25). The van der Waals surface area contributed by atoms with Crippen molar-refractivity contribution in [3.8, 4) is 11.5 Å². The molecule has 1 aliphatic rings. The number of carbonyl (C=O) groups is 2. The molecule has 9 nitrogen and oxygen atoms in total. The number of nitrogens with one attached hydrogen (secondary N) is 2. The molecule has 2 aromatic rings. The maximum atomic E-state index is 12.4. The first kappa shape index (κ1) is 23.8. The molecule has 0 bridgehead atoms. The van der Waals surface area contributed by atoms with Crippen LogP contribution in [-0.2, 0) is 30.9 Å². The highest BCUT2D eigenvalue weighted by Crippen LogP contribution is 2.32. The van der Waals surface area contributed by atoms with E-state index < -0.39 is 28.5 Å². The van der Waals surface area contributed by atoms with Crippen LogP contribution in [0.3, 0.4) is 0 Å². The number of rotatable bonds is 10. The van der Waals surface area contributed by atoms with Gasteiger partial charge in [-0.1, -0.05) is 23.7 Å². The number of amides is 1. The molecule has 1 amide bonds. The Morgan fingerprint density at radius 3 is 2.50 bits per heavy atom. The van der Waals surface area contributed by atoms with Crippen LogP contribution < -0.4 is 19.5 Å².